The number of terminal acetylenes is 1. The zero-order valence-corrected chi connectivity index (χ0v) is 18.6. The number of rotatable bonds is 1. The van der Waals surface area contributed by atoms with E-state index in [1.165, 1.54) is 0 Å². The van der Waals surface area contributed by atoms with Gasteiger partial charge in [-0.1, -0.05) is 5.92 Å². The van der Waals surface area contributed by atoms with Gasteiger partial charge in [-0.15, -0.1) is 6.42 Å². The third kappa shape index (κ3) is 1900. The molecule has 0 saturated heterocycles. The van der Waals surface area contributed by atoms with E-state index in [9.17, 15) is 0 Å². The summed E-state index contributed by atoms with van der Waals surface area (Å²) in [6.45, 7) is 57.7. The summed E-state index contributed by atoms with van der Waals surface area (Å²) in [5.41, 5.74) is -0.389. The van der Waals surface area contributed by atoms with Crippen molar-refractivity contribution in [1.82, 2.24) is 0 Å². The largest absolute Gasteiger partial charge is 0 e. The Bertz CT molecular complexity index is 392. The second-order valence-corrected chi connectivity index (χ2v) is 1.86. The topological polar surface area (TPSA) is 248 Å². The molecule has 0 aliphatic rings. The van der Waals surface area contributed by atoms with Gasteiger partial charge >= 0.3 is 136 Å². The maximum Gasteiger partial charge on any atom is 0 e. The van der Waals surface area contributed by atoms with E-state index in [4.69, 9.17) is 67.0 Å². The van der Waals surface area contributed by atoms with Gasteiger partial charge in [0.2, 0.25) is 0 Å². The molecule has 178 valence electrons. The van der Waals surface area contributed by atoms with Crippen LogP contribution in [0.5, 0.6) is 0 Å². The van der Waals surface area contributed by atoms with Crippen LogP contribution in [0.4, 0.5) is 0 Å². The summed E-state index contributed by atoms with van der Waals surface area (Å²) in [5, 5.41) is 0. The van der Waals surface area contributed by atoms with Crippen molar-refractivity contribution in [1.29, 1.82) is 0 Å². The predicted octanol–water partition coefficient (Wildman–Crippen LogP) is 0.589. The van der Waals surface area contributed by atoms with Gasteiger partial charge in [0.25, 0.3) is 0 Å². The van der Waals surface area contributed by atoms with E-state index >= 15 is 0 Å². The molecule has 0 unspecified atom stereocenters. The summed E-state index contributed by atoms with van der Waals surface area (Å²) in [4.78, 5) is 0. The maximum absolute atomic E-state index is 7.50. The molecular formula is C18H10Co2O13. The molecule has 0 aromatic heterocycles. The number of hydrogen-bond acceptors (Lipinski definition) is 1. The van der Waals surface area contributed by atoms with Crippen LogP contribution in [0.15, 0.2) is 0 Å². The minimum atomic E-state index is -0.389. The minimum Gasteiger partial charge on any atom is 0 e. The average Bonchev–Trinajstić information content (AvgIpc) is 2.97. The molecule has 0 heterocycles. The van der Waals surface area contributed by atoms with Crippen LogP contribution in [-0.4, -0.2) is 12.7 Å². The minimum absolute atomic E-state index is 0. The van der Waals surface area contributed by atoms with E-state index < -0.39 is 0 Å². The molecule has 0 spiro atoms. The van der Waals surface area contributed by atoms with Gasteiger partial charge in [0, 0.05) is 40.7 Å². The molecule has 0 aliphatic carbocycles. The Labute approximate surface area is 212 Å². The number of hydrogen-bond donors (Lipinski definition) is 0. The first-order valence-corrected chi connectivity index (χ1v) is 4.60. The molecular weight excluding hydrogens is 542 g/mol. The van der Waals surface area contributed by atoms with Gasteiger partial charge < -0.3 is 4.74 Å². The van der Waals surface area contributed by atoms with Crippen molar-refractivity contribution in [2.24, 2.45) is 0 Å². The maximum atomic E-state index is 7.50. The molecule has 2 radical (unpaired) electrons. The van der Waals surface area contributed by atoms with E-state index in [0.717, 1.165) is 0 Å². The molecule has 13 nitrogen and oxygen atoms in total. The van der Waals surface area contributed by atoms with Gasteiger partial charge in [-0.3, -0.25) is 0 Å². The van der Waals surface area contributed by atoms with Crippen LogP contribution in [0.2, 0.25) is 0 Å². The zero-order valence-electron chi connectivity index (χ0n) is 16.6. The number of methoxy groups -OCH3 is 1. The Morgan fingerprint density at radius 3 is 0.545 bits per heavy atom. The van der Waals surface area contributed by atoms with Gasteiger partial charge in [0.1, 0.15) is 5.60 Å². The van der Waals surface area contributed by atoms with Gasteiger partial charge in [-0.05, 0) is 13.8 Å². The van der Waals surface area contributed by atoms with Crippen LogP contribution in [0.3, 0.4) is 0 Å². The first-order valence-electron chi connectivity index (χ1n) is 4.60. The summed E-state index contributed by atoms with van der Waals surface area (Å²) >= 11 is 0. The summed E-state index contributed by atoms with van der Waals surface area (Å²) < 4.78 is 94.9. The molecule has 15 heteroatoms. The van der Waals surface area contributed by atoms with E-state index in [1.807, 2.05) is 13.8 Å². The Kier molecular flexibility index (Phi) is 2720. The monoisotopic (exact) mass is 552 g/mol. The Morgan fingerprint density at radius 1 is 0.455 bits per heavy atom. The van der Waals surface area contributed by atoms with Crippen molar-refractivity contribution in [3.05, 3.63) is 79.8 Å². The van der Waals surface area contributed by atoms with Crippen molar-refractivity contribution < 1.29 is 94.1 Å². The molecule has 0 atom stereocenters. The number of ether oxygens (including phenoxy) is 1. The van der Waals surface area contributed by atoms with E-state index in [1.54, 1.807) is 7.11 Å². The molecule has 0 fully saturated rings. The average molecular weight is 552 g/mol. The van der Waals surface area contributed by atoms with Crippen molar-refractivity contribution in [3.8, 4) is 12.3 Å². The van der Waals surface area contributed by atoms with Crippen LogP contribution in [0.1, 0.15) is 13.8 Å². The predicted molar refractivity (Wildman–Crippen MR) is 77.1 cm³/mol. The van der Waals surface area contributed by atoms with Crippen LogP contribution >= 0.6 is 0 Å². The van der Waals surface area contributed by atoms with Crippen LogP contribution < -0.4 is 0 Å². The second-order valence-electron chi connectivity index (χ2n) is 1.86. The normalized spacial score (nSPS) is 2.97. The summed E-state index contributed by atoms with van der Waals surface area (Å²) in [5.74, 6) is 2.47. The van der Waals surface area contributed by atoms with Crippen LogP contribution in [0, 0.1) is 92.1 Å². The first kappa shape index (κ1) is 111. The first-order chi connectivity index (χ1) is 15.1. The Morgan fingerprint density at radius 2 is 0.545 bits per heavy atom. The smallest absolute Gasteiger partial charge is 0 e. The summed E-state index contributed by atoms with van der Waals surface area (Å²) in [6, 6.07) is 0. The SMILES string of the molecule is C#CC(C)(C)OC.[C-]#[O+].[C-]#[O+].[C-]#[O+].[C-]#[O+].[C-]#[O+].[C-]#[O+].[C-]#[O+].[C-]#[O+].[C-]#[O+].[C-]#[O+].[C-]#[O+].[C-]#[O+].[Co].[Co]. The fourth-order valence-electron chi connectivity index (χ4n) is 0.0589. The fraction of sp³-hybridized carbons (Fsp3) is 0.222. The second kappa shape index (κ2) is 810. The fourth-order valence-corrected chi connectivity index (χ4v) is 0.0589. The van der Waals surface area contributed by atoms with Crippen molar-refractivity contribution in [3.63, 3.8) is 0 Å². The molecule has 0 rings (SSSR count). The summed E-state index contributed by atoms with van der Waals surface area (Å²) in [6.07, 6.45) is 5.04. The zero-order chi connectivity index (χ0) is 29.9. The van der Waals surface area contributed by atoms with Crippen molar-refractivity contribution >= 4 is 0 Å². The molecule has 0 aromatic carbocycles. The molecule has 0 saturated carbocycles. The Hall–Kier alpha value is -2.59. The van der Waals surface area contributed by atoms with E-state index in [-0.39, 0.29) is 39.2 Å². The van der Waals surface area contributed by atoms with Gasteiger partial charge in [-0.25, -0.2) is 0 Å². The molecule has 0 aliphatic heterocycles. The quantitative estimate of drug-likeness (QED) is 0.253. The molecule has 33 heavy (non-hydrogen) atoms. The van der Waals surface area contributed by atoms with Crippen molar-refractivity contribution in [2.75, 3.05) is 7.11 Å². The van der Waals surface area contributed by atoms with Gasteiger partial charge in [0.15, 0.2) is 0 Å². The van der Waals surface area contributed by atoms with E-state index in [0.29, 0.717) is 0 Å². The Balaban J connectivity index is -0.00000000856. The van der Waals surface area contributed by atoms with Gasteiger partial charge in [-0.2, -0.15) is 0 Å². The molecule has 0 aromatic rings. The third-order valence-electron chi connectivity index (χ3n) is 0.858. The third-order valence-corrected chi connectivity index (χ3v) is 0.858. The van der Waals surface area contributed by atoms with Gasteiger partial charge in [0.05, 0.1) is 0 Å². The molecule has 0 amide bonds. The molecule has 0 bridgehead atoms. The summed E-state index contributed by atoms with van der Waals surface area (Å²) in [7, 11) is 1.60. The van der Waals surface area contributed by atoms with E-state index in [2.05, 4.69) is 85.7 Å². The van der Waals surface area contributed by atoms with Crippen LogP contribution in [-0.2, 0) is 94.1 Å². The van der Waals surface area contributed by atoms with Crippen LogP contribution in [0.25, 0.3) is 0 Å². The van der Waals surface area contributed by atoms with Crippen molar-refractivity contribution in [2.45, 2.75) is 19.4 Å². The molecule has 0 N–H and O–H groups in total. The standard InChI is InChI=1S/C6H10O.12CO.2Co/c1-5-6(2,3)7-4;12*1-2;;/h1H,2-4H3;;;;;;;;;;;;;;.